The van der Waals surface area contributed by atoms with Crippen LogP contribution in [0.15, 0.2) is 24.3 Å². The van der Waals surface area contributed by atoms with Crippen molar-refractivity contribution in [3.8, 4) is 0 Å². The summed E-state index contributed by atoms with van der Waals surface area (Å²) in [4.78, 5) is 0. The molecule has 0 aromatic heterocycles. The quantitative estimate of drug-likeness (QED) is 0.634. The van der Waals surface area contributed by atoms with Crippen molar-refractivity contribution in [2.24, 2.45) is 0 Å². The van der Waals surface area contributed by atoms with Crippen LogP contribution >= 0.6 is 0 Å². The smallest absolute Gasteiger partial charge is 0.253 e. The molecule has 0 rings (SSSR count). The second-order valence-electron chi connectivity index (χ2n) is 1.33. The molecule has 0 aliphatic carbocycles. The molecule has 0 amide bonds. The average molecular weight is 147 g/mol. The molecule has 0 fully saturated rings. The summed E-state index contributed by atoms with van der Waals surface area (Å²) in [5, 5.41) is 0.854. The lowest BCUT2D eigenvalue weighted by atomic mass is 10.7. The van der Waals surface area contributed by atoms with Gasteiger partial charge in [-0.1, -0.05) is 12.7 Å². The van der Waals surface area contributed by atoms with Gasteiger partial charge in [0.15, 0.2) is 0 Å². The highest BCUT2D eigenvalue weighted by Crippen LogP contribution is 1.81. The fraction of sp³-hybridized carbons (Fsp3) is 0.200. The summed E-state index contributed by atoms with van der Waals surface area (Å²) in [5.41, 5.74) is 0. The molecule has 0 heterocycles. The van der Waals surface area contributed by atoms with Gasteiger partial charge in [0.25, 0.3) is 10.0 Å². The van der Waals surface area contributed by atoms with Gasteiger partial charge in [-0.2, -0.15) is 0 Å². The summed E-state index contributed by atoms with van der Waals surface area (Å²) in [6, 6.07) is 0. The largest absolute Gasteiger partial charge is 0.287 e. The van der Waals surface area contributed by atoms with Gasteiger partial charge < -0.3 is 0 Å². The second kappa shape index (κ2) is 3.29. The van der Waals surface area contributed by atoms with Crippen LogP contribution in [0, 0.1) is 0 Å². The van der Waals surface area contributed by atoms with Crippen LogP contribution in [0.3, 0.4) is 0 Å². The van der Waals surface area contributed by atoms with Crippen molar-refractivity contribution < 1.29 is 8.42 Å². The van der Waals surface area contributed by atoms with E-state index < -0.39 is 10.0 Å². The zero-order valence-electron chi connectivity index (χ0n) is 5.16. The van der Waals surface area contributed by atoms with Crippen LogP contribution in [0.4, 0.5) is 0 Å². The van der Waals surface area contributed by atoms with E-state index in [4.69, 9.17) is 0 Å². The van der Waals surface area contributed by atoms with Crippen LogP contribution in [0.2, 0.25) is 0 Å². The van der Waals surface area contributed by atoms with E-state index in [2.05, 4.69) is 11.3 Å². The third-order valence-electron chi connectivity index (χ3n) is 0.618. The van der Waals surface area contributed by atoms with Crippen molar-refractivity contribution in [3.63, 3.8) is 0 Å². The van der Waals surface area contributed by atoms with E-state index in [-0.39, 0.29) is 0 Å². The highest BCUT2D eigenvalue weighted by molar-refractivity contribution is 7.92. The Bertz CT molecular complexity index is 203. The first-order valence-electron chi connectivity index (χ1n) is 2.38. The van der Waals surface area contributed by atoms with E-state index in [9.17, 15) is 8.42 Å². The van der Waals surface area contributed by atoms with Gasteiger partial charge in [0, 0.05) is 11.6 Å². The molecule has 0 aromatic carbocycles. The Morgan fingerprint density at radius 2 is 2.11 bits per heavy atom. The van der Waals surface area contributed by atoms with Gasteiger partial charge in [-0.3, -0.25) is 4.72 Å². The Balaban J connectivity index is 4.05. The standard InChI is InChI=1S/C5H9NO2S/c1-3-5-6-9(7,8)4-2/h3-6H,2H2,1H3. The summed E-state index contributed by atoms with van der Waals surface area (Å²) in [6.07, 6.45) is 2.91. The van der Waals surface area contributed by atoms with Crippen molar-refractivity contribution in [1.29, 1.82) is 0 Å². The van der Waals surface area contributed by atoms with Gasteiger partial charge in [0.2, 0.25) is 0 Å². The van der Waals surface area contributed by atoms with E-state index >= 15 is 0 Å². The highest BCUT2D eigenvalue weighted by Gasteiger charge is 1.95. The Morgan fingerprint density at radius 1 is 1.56 bits per heavy atom. The lowest BCUT2D eigenvalue weighted by Gasteiger charge is -1.92. The van der Waals surface area contributed by atoms with E-state index in [1.807, 2.05) is 0 Å². The summed E-state index contributed by atoms with van der Waals surface area (Å²) in [7, 11) is -3.25. The molecule has 0 aromatic rings. The summed E-state index contributed by atoms with van der Waals surface area (Å²) >= 11 is 0. The minimum Gasteiger partial charge on any atom is -0.287 e. The molecule has 9 heavy (non-hydrogen) atoms. The molecule has 0 atom stereocenters. The number of allylic oxidation sites excluding steroid dienone is 1. The molecule has 0 saturated carbocycles. The summed E-state index contributed by atoms with van der Waals surface area (Å²) in [6.45, 7) is 4.81. The van der Waals surface area contributed by atoms with Gasteiger partial charge in [-0.25, -0.2) is 8.42 Å². The van der Waals surface area contributed by atoms with Crippen molar-refractivity contribution in [2.75, 3.05) is 0 Å². The van der Waals surface area contributed by atoms with Crippen LogP contribution in [0.5, 0.6) is 0 Å². The first kappa shape index (κ1) is 8.23. The number of hydrogen-bond acceptors (Lipinski definition) is 2. The van der Waals surface area contributed by atoms with Crippen LogP contribution in [0.25, 0.3) is 0 Å². The van der Waals surface area contributed by atoms with Crippen molar-refractivity contribution in [1.82, 2.24) is 4.72 Å². The zero-order valence-corrected chi connectivity index (χ0v) is 5.98. The molecular formula is C5H9NO2S. The molecule has 52 valence electrons. The third-order valence-corrected chi connectivity index (χ3v) is 1.52. The maximum atomic E-state index is 10.5. The minimum absolute atomic E-state index is 0.854. The zero-order chi connectivity index (χ0) is 7.33. The molecule has 0 spiro atoms. The minimum atomic E-state index is -3.25. The fourth-order valence-corrected chi connectivity index (χ4v) is 0.633. The van der Waals surface area contributed by atoms with E-state index in [1.54, 1.807) is 13.0 Å². The Labute approximate surface area is 55.1 Å². The first-order valence-corrected chi connectivity index (χ1v) is 3.93. The molecule has 0 radical (unpaired) electrons. The van der Waals surface area contributed by atoms with Crippen LogP contribution in [0.1, 0.15) is 6.92 Å². The molecule has 0 aliphatic heterocycles. The molecule has 0 bridgehead atoms. The Hall–Kier alpha value is -0.770. The number of rotatable bonds is 3. The Morgan fingerprint density at radius 3 is 2.44 bits per heavy atom. The topological polar surface area (TPSA) is 46.2 Å². The molecule has 0 aliphatic rings. The van der Waals surface area contributed by atoms with Crippen LogP contribution in [-0.4, -0.2) is 8.42 Å². The maximum absolute atomic E-state index is 10.5. The first-order chi connectivity index (χ1) is 4.12. The summed E-state index contributed by atoms with van der Waals surface area (Å²) < 4.78 is 23.1. The number of nitrogens with one attached hydrogen (secondary N) is 1. The maximum Gasteiger partial charge on any atom is 0.253 e. The number of hydrogen-bond donors (Lipinski definition) is 1. The normalized spacial score (nSPS) is 11.7. The van der Waals surface area contributed by atoms with Gasteiger partial charge in [0.1, 0.15) is 0 Å². The lowest BCUT2D eigenvalue weighted by Crippen LogP contribution is -2.13. The predicted molar refractivity (Wildman–Crippen MR) is 37.1 cm³/mol. The molecular weight excluding hydrogens is 138 g/mol. The average Bonchev–Trinajstić information content (AvgIpc) is 1.84. The molecule has 3 nitrogen and oxygen atoms in total. The molecule has 0 saturated heterocycles. The number of sulfonamides is 1. The fourth-order valence-electron chi connectivity index (χ4n) is 0.211. The van der Waals surface area contributed by atoms with Gasteiger partial charge >= 0.3 is 0 Å². The van der Waals surface area contributed by atoms with E-state index in [0.29, 0.717) is 0 Å². The summed E-state index contributed by atoms with van der Waals surface area (Å²) in [5.74, 6) is 0. The van der Waals surface area contributed by atoms with E-state index in [1.165, 1.54) is 6.20 Å². The highest BCUT2D eigenvalue weighted by atomic mass is 32.2. The van der Waals surface area contributed by atoms with Gasteiger partial charge in [0.05, 0.1) is 0 Å². The van der Waals surface area contributed by atoms with Gasteiger partial charge in [-0.05, 0) is 6.92 Å². The monoisotopic (exact) mass is 147 g/mol. The lowest BCUT2D eigenvalue weighted by molar-refractivity contribution is 0.599. The van der Waals surface area contributed by atoms with Crippen molar-refractivity contribution in [2.45, 2.75) is 6.92 Å². The second-order valence-corrected chi connectivity index (χ2v) is 2.99. The third kappa shape index (κ3) is 3.78. The van der Waals surface area contributed by atoms with Crippen molar-refractivity contribution in [3.05, 3.63) is 24.3 Å². The Kier molecular flexibility index (Phi) is 3.01. The predicted octanol–water partition coefficient (Wildman–Crippen LogP) is 0.583. The SMILES string of the molecule is C=CS(=O)(=O)NC=CC. The van der Waals surface area contributed by atoms with E-state index in [0.717, 1.165) is 5.41 Å². The van der Waals surface area contributed by atoms with Crippen LogP contribution < -0.4 is 4.72 Å². The molecule has 4 heteroatoms. The molecule has 0 unspecified atom stereocenters. The van der Waals surface area contributed by atoms with Gasteiger partial charge in [-0.15, -0.1) is 0 Å². The molecule has 1 N–H and O–H groups in total. The van der Waals surface area contributed by atoms with Crippen LogP contribution in [-0.2, 0) is 10.0 Å². The van der Waals surface area contributed by atoms with Crippen molar-refractivity contribution >= 4 is 10.0 Å².